The minimum atomic E-state index is -3.11. The molecule has 3 amide bonds. The second-order valence-corrected chi connectivity index (χ2v) is 15.7. The van der Waals surface area contributed by atoms with E-state index < -0.39 is 24.1 Å². The van der Waals surface area contributed by atoms with E-state index >= 15 is 0 Å². The first-order chi connectivity index (χ1) is 24.8. The number of alkyl halides is 2. The predicted octanol–water partition coefficient (Wildman–Crippen LogP) is 2.07. The van der Waals surface area contributed by atoms with Crippen LogP contribution in [-0.2, 0) is 26.3 Å². The normalized spacial score (nSPS) is 22.8. The number of piperidine rings is 1. The van der Waals surface area contributed by atoms with Gasteiger partial charge in [-0.05, 0) is 37.1 Å². The maximum atomic E-state index is 13.7. The fraction of sp³-hybridized carbons (Fsp3) is 0.571. The quantitative estimate of drug-likeness (QED) is 0.322. The van der Waals surface area contributed by atoms with E-state index in [1.807, 2.05) is 18.7 Å². The van der Waals surface area contributed by atoms with Crippen LogP contribution in [0.5, 0.6) is 5.75 Å². The van der Waals surface area contributed by atoms with E-state index in [9.17, 15) is 23.2 Å². The first-order valence-corrected chi connectivity index (χ1v) is 18.5. The Hall–Kier alpha value is -4.22. The van der Waals surface area contributed by atoms with E-state index in [0.717, 1.165) is 43.9 Å². The lowest BCUT2D eigenvalue weighted by Gasteiger charge is -2.42. The first kappa shape index (κ1) is 37.5. The molecule has 1 aromatic carbocycles. The maximum Gasteiger partial charge on any atom is 0.387 e. The molecule has 4 aliphatic rings. The minimum Gasteiger partial charge on any atom is -0.435 e. The minimum absolute atomic E-state index is 0.0312. The van der Waals surface area contributed by atoms with Crippen molar-refractivity contribution in [1.29, 1.82) is 0 Å². The Balaban J connectivity index is 1.13. The highest BCUT2D eigenvalue weighted by Gasteiger charge is 2.58. The van der Waals surface area contributed by atoms with Gasteiger partial charge in [0.25, 0.3) is 0 Å². The molecule has 6 rings (SSSR count). The molecule has 14 nitrogen and oxygen atoms in total. The number of thioether (sulfide) groups is 1. The molecule has 2 aromatic rings. The molecule has 0 bridgehead atoms. The maximum absolute atomic E-state index is 13.7. The third kappa shape index (κ3) is 7.90. The van der Waals surface area contributed by atoms with Crippen molar-refractivity contribution in [3.8, 4) is 5.75 Å². The zero-order chi connectivity index (χ0) is 37.2. The molecule has 1 aromatic heterocycles. The lowest BCUT2D eigenvalue weighted by Crippen LogP contribution is -2.55. The zero-order valence-electron chi connectivity index (χ0n) is 30.1. The zero-order valence-corrected chi connectivity index (χ0v) is 30.9. The van der Waals surface area contributed by atoms with Crippen molar-refractivity contribution < 1.29 is 27.9 Å². The highest BCUT2D eigenvalue weighted by molar-refractivity contribution is 7.99. The van der Waals surface area contributed by atoms with Gasteiger partial charge in [0.1, 0.15) is 17.7 Å². The SMILES string of the molecule is CC(C)Sc1ccc(OC(F)F)c(C2(C(N)=O)CN(c3cnn(CC(=O)N4CCN(C5CCN(CC(=O)N(C)C)CC5)CC4)c3)N3C=CC=NC32)c1. The number of nitrogens with zero attached hydrogens (tertiary/aromatic N) is 9. The first-order valence-electron chi connectivity index (χ1n) is 17.6. The van der Waals surface area contributed by atoms with Crippen molar-refractivity contribution in [3.05, 3.63) is 48.4 Å². The number of amides is 3. The van der Waals surface area contributed by atoms with Crippen molar-refractivity contribution in [1.82, 2.24) is 34.4 Å². The Labute approximate surface area is 307 Å². The van der Waals surface area contributed by atoms with Crippen LogP contribution in [0.1, 0.15) is 32.3 Å². The second-order valence-electron chi connectivity index (χ2n) is 14.1. The van der Waals surface area contributed by atoms with E-state index in [1.54, 1.807) is 76.7 Å². The summed E-state index contributed by atoms with van der Waals surface area (Å²) < 4.78 is 33.8. The number of fused-ring (bicyclic) bond motifs is 1. The van der Waals surface area contributed by atoms with E-state index in [2.05, 4.69) is 19.9 Å². The van der Waals surface area contributed by atoms with E-state index in [-0.39, 0.29) is 41.5 Å². The number of nitrogens with two attached hydrogens (primary N) is 1. The molecule has 0 radical (unpaired) electrons. The average Bonchev–Trinajstić information content (AvgIpc) is 3.72. The van der Waals surface area contributed by atoms with Crippen LogP contribution in [0, 0.1) is 0 Å². The summed E-state index contributed by atoms with van der Waals surface area (Å²) in [6, 6.07) is 5.28. The van der Waals surface area contributed by atoms with Crippen LogP contribution >= 0.6 is 11.8 Å². The van der Waals surface area contributed by atoms with Crippen molar-refractivity contribution in [2.75, 3.05) is 71.5 Å². The number of likely N-dealkylation sites (N-methyl/N-ethyl adjacent to an activating group) is 1. The van der Waals surface area contributed by atoms with Gasteiger partial charge in [0.2, 0.25) is 17.7 Å². The summed E-state index contributed by atoms with van der Waals surface area (Å²) in [7, 11) is 3.56. The lowest BCUT2D eigenvalue weighted by atomic mass is 9.77. The van der Waals surface area contributed by atoms with Crippen molar-refractivity contribution in [3.63, 3.8) is 0 Å². The molecule has 52 heavy (non-hydrogen) atoms. The molecule has 5 heterocycles. The van der Waals surface area contributed by atoms with Crippen LogP contribution in [0.2, 0.25) is 0 Å². The number of hydrogen-bond donors (Lipinski definition) is 1. The molecule has 17 heteroatoms. The predicted molar refractivity (Wildman–Crippen MR) is 194 cm³/mol. The van der Waals surface area contributed by atoms with Crippen LogP contribution in [0.4, 0.5) is 14.5 Å². The highest BCUT2D eigenvalue weighted by Crippen LogP contribution is 2.47. The van der Waals surface area contributed by atoms with Gasteiger partial charge in [0.05, 0.1) is 31.2 Å². The number of benzene rings is 1. The van der Waals surface area contributed by atoms with Gasteiger partial charge in [-0.2, -0.15) is 13.9 Å². The fourth-order valence-corrected chi connectivity index (χ4v) is 8.36. The largest absolute Gasteiger partial charge is 0.435 e. The van der Waals surface area contributed by atoms with Crippen molar-refractivity contribution in [2.24, 2.45) is 10.7 Å². The summed E-state index contributed by atoms with van der Waals surface area (Å²) in [6.45, 7) is 5.96. The van der Waals surface area contributed by atoms with E-state index in [1.165, 1.54) is 17.8 Å². The molecule has 2 atom stereocenters. The Morgan fingerprint density at radius 1 is 1.08 bits per heavy atom. The average molecular weight is 743 g/mol. The summed E-state index contributed by atoms with van der Waals surface area (Å²) in [4.78, 5) is 52.7. The number of anilines is 1. The van der Waals surface area contributed by atoms with Gasteiger partial charge in [-0.1, -0.05) is 13.8 Å². The number of likely N-dealkylation sites (tertiary alicyclic amines) is 1. The summed E-state index contributed by atoms with van der Waals surface area (Å²) in [5.41, 5.74) is 5.41. The van der Waals surface area contributed by atoms with Crippen LogP contribution in [-0.4, -0.2) is 149 Å². The molecule has 0 spiro atoms. The smallest absolute Gasteiger partial charge is 0.387 e. The lowest BCUT2D eigenvalue weighted by molar-refractivity contribution is -0.134. The fourth-order valence-electron chi connectivity index (χ4n) is 7.48. The van der Waals surface area contributed by atoms with Gasteiger partial charge < -0.3 is 20.3 Å². The number of halogens is 2. The van der Waals surface area contributed by atoms with Gasteiger partial charge in [-0.25, -0.2) is 0 Å². The molecule has 2 N–H and O–H groups in total. The summed E-state index contributed by atoms with van der Waals surface area (Å²) in [5.74, 6) is -0.811. The molecule has 0 aliphatic carbocycles. The second kappa shape index (κ2) is 15.8. The van der Waals surface area contributed by atoms with E-state index in [4.69, 9.17) is 10.5 Å². The van der Waals surface area contributed by atoms with Crippen LogP contribution in [0.15, 0.2) is 52.8 Å². The number of aliphatic imine (C=N–C) groups is 1. The monoisotopic (exact) mass is 742 g/mol. The van der Waals surface area contributed by atoms with Crippen molar-refractivity contribution in [2.45, 2.75) is 67.6 Å². The number of aromatic nitrogens is 2. The Morgan fingerprint density at radius 2 is 1.81 bits per heavy atom. The van der Waals surface area contributed by atoms with Crippen LogP contribution in [0.25, 0.3) is 0 Å². The third-order valence-corrected chi connectivity index (χ3v) is 11.2. The van der Waals surface area contributed by atoms with Crippen molar-refractivity contribution >= 4 is 41.4 Å². The summed E-state index contributed by atoms with van der Waals surface area (Å²) >= 11 is 1.53. The molecule has 282 valence electrons. The van der Waals surface area contributed by atoms with E-state index in [0.29, 0.717) is 31.4 Å². The number of rotatable bonds is 12. The van der Waals surface area contributed by atoms with Gasteiger partial charge in [-0.15, -0.1) is 11.8 Å². The molecule has 3 saturated heterocycles. The number of carbonyl (C=O) groups excluding carboxylic acids is 3. The summed E-state index contributed by atoms with van der Waals surface area (Å²) in [5, 5.41) is 8.20. The van der Waals surface area contributed by atoms with Gasteiger partial charge >= 0.3 is 6.61 Å². The highest BCUT2D eigenvalue weighted by atomic mass is 32.2. The molecule has 0 saturated carbocycles. The van der Waals surface area contributed by atoms with Gasteiger partial charge in [0, 0.05) is 87.5 Å². The Morgan fingerprint density at radius 3 is 2.46 bits per heavy atom. The molecule has 3 fully saturated rings. The van der Waals surface area contributed by atoms with Gasteiger partial charge in [0.15, 0.2) is 6.17 Å². The Bertz CT molecular complexity index is 1670. The molecular weight excluding hydrogens is 695 g/mol. The number of primary amides is 1. The number of carbonyl (C=O) groups is 3. The summed E-state index contributed by atoms with van der Waals surface area (Å²) in [6.07, 6.45) is 9.46. The van der Waals surface area contributed by atoms with Crippen LogP contribution in [0.3, 0.4) is 0 Å². The molecule has 4 aliphatic heterocycles. The Kier molecular flexibility index (Phi) is 11.4. The van der Waals surface area contributed by atoms with Crippen LogP contribution < -0.4 is 15.5 Å². The number of ether oxygens (including phenoxy) is 1. The standard InChI is InChI=1S/C35H48F2N10O4S/c1-24(2)52-27-6-7-29(51-34(36)37)28(18-27)35(32(38)50)23-47(46-11-5-10-39-33(35)46)26-19-40-45(20-26)22-31(49)44-16-14-43(15-17-44)25-8-12-42(13-9-25)21-30(48)41(3)4/h5-7,10-11,18-20,24-25,33-34H,8-9,12-17,21-23H2,1-4H3,(H2,38,50). The number of piperazine rings is 1. The third-order valence-electron chi connectivity index (χ3n) is 10.2. The van der Waals surface area contributed by atoms with Gasteiger partial charge in [-0.3, -0.25) is 43.9 Å². The molecule has 2 unspecified atom stereocenters. The number of allylic oxidation sites excluding steroid dienone is 1. The topological polar surface area (TPSA) is 136 Å². The number of hydrogen-bond acceptors (Lipinski definition) is 11. The molecular formula is C35H48F2N10O4S. The number of hydrazine groups is 1.